The van der Waals surface area contributed by atoms with Gasteiger partial charge >= 0.3 is 0 Å². The molecule has 0 spiro atoms. The predicted octanol–water partition coefficient (Wildman–Crippen LogP) is 5.97. The zero-order valence-corrected chi connectivity index (χ0v) is 21.7. The number of ether oxygens (including phenoxy) is 1. The van der Waals surface area contributed by atoms with Gasteiger partial charge in [-0.2, -0.15) is 0 Å². The number of nitrogens with one attached hydrogen (secondary N) is 1. The lowest BCUT2D eigenvalue weighted by atomic mass is 9.72. The molecule has 1 amide bonds. The smallest absolute Gasteiger partial charge is 0.293 e. The van der Waals surface area contributed by atoms with E-state index in [0.717, 1.165) is 63.1 Å². The zero-order chi connectivity index (χ0) is 25.2. The molecule has 2 fully saturated rings. The highest BCUT2D eigenvalue weighted by atomic mass is 16.5. The molecule has 5 rings (SSSR count). The van der Waals surface area contributed by atoms with Crippen molar-refractivity contribution >= 4 is 22.9 Å². The average Bonchev–Trinajstić information content (AvgIpc) is 3.57. The number of likely N-dealkylation sites (tertiary alicyclic amines) is 1. The SMILES string of the molecule is [C-]#[N+]C1=CCC(C(=O)Nc2ccc(C3(CN4CCCC4)CCOCC3)cc2C2=CCC(C)(C)CC2)=N1. The van der Waals surface area contributed by atoms with Crippen molar-refractivity contribution in [2.45, 2.75) is 70.6 Å². The lowest BCUT2D eigenvalue weighted by molar-refractivity contribution is -0.110. The summed E-state index contributed by atoms with van der Waals surface area (Å²) in [7, 11) is 0. The first-order valence-corrected chi connectivity index (χ1v) is 13.5. The standard InChI is InChI=1S/C30H38N4O2/c1-29(2)12-10-22(11-13-29)24-20-23(30(14-18-36-19-15-30)21-34-16-4-5-17-34)6-7-25(24)33-28(35)26-8-9-27(31-3)32-26/h6-7,9-10,20H,4-5,8,11-19,21H2,1-2H3,(H,33,35). The van der Waals surface area contributed by atoms with Gasteiger partial charge in [0.1, 0.15) is 0 Å². The minimum Gasteiger partial charge on any atom is -0.381 e. The Morgan fingerprint density at radius 3 is 2.61 bits per heavy atom. The second kappa shape index (κ2) is 10.3. The van der Waals surface area contributed by atoms with E-state index in [-0.39, 0.29) is 11.3 Å². The molecular formula is C30H38N4O2. The summed E-state index contributed by atoms with van der Waals surface area (Å²) in [6.07, 6.45) is 12.3. The minimum absolute atomic E-state index is 0.0817. The molecule has 1 aromatic carbocycles. The van der Waals surface area contributed by atoms with Crippen molar-refractivity contribution in [3.05, 3.63) is 58.7 Å². The highest BCUT2D eigenvalue weighted by molar-refractivity contribution is 6.44. The van der Waals surface area contributed by atoms with Crippen LogP contribution in [0.3, 0.4) is 0 Å². The number of carbonyl (C=O) groups excluding carboxylic acids is 1. The molecule has 6 nitrogen and oxygen atoms in total. The first kappa shape index (κ1) is 24.9. The molecule has 3 heterocycles. The van der Waals surface area contributed by atoms with E-state index >= 15 is 0 Å². The minimum atomic E-state index is -0.214. The van der Waals surface area contributed by atoms with Crippen LogP contribution in [0.15, 0.2) is 41.2 Å². The number of rotatable bonds is 6. The Kier molecular flexibility index (Phi) is 7.14. The van der Waals surface area contributed by atoms with E-state index in [1.54, 1.807) is 6.08 Å². The summed E-state index contributed by atoms with van der Waals surface area (Å²) in [5.74, 6) is 0.0878. The number of carbonyl (C=O) groups is 1. The van der Waals surface area contributed by atoms with Gasteiger partial charge in [-0.05, 0) is 86.7 Å². The Morgan fingerprint density at radius 2 is 1.94 bits per heavy atom. The Morgan fingerprint density at radius 1 is 1.17 bits per heavy atom. The molecule has 0 saturated carbocycles. The molecule has 1 N–H and O–H groups in total. The van der Waals surface area contributed by atoms with Crippen LogP contribution in [0.2, 0.25) is 0 Å². The van der Waals surface area contributed by atoms with Crippen molar-refractivity contribution < 1.29 is 9.53 Å². The molecule has 3 aliphatic heterocycles. The molecule has 0 atom stereocenters. The van der Waals surface area contributed by atoms with Crippen LogP contribution >= 0.6 is 0 Å². The second-order valence-corrected chi connectivity index (χ2v) is 11.6. The van der Waals surface area contributed by atoms with Crippen LogP contribution in [0.1, 0.15) is 76.3 Å². The molecule has 4 aliphatic rings. The normalized spacial score (nSPS) is 23.4. The topological polar surface area (TPSA) is 58.3 Å². The van der Waals surface area contributed by atoms with Gasteiger partial charge in [0.05, 0.1) is 0 Å². The molecule has 0 aromatic heterocycles. The van der Waals surface area contributed by atoms with Crippen LogP contribution in [0, 0.1) is 12.0 Å². The van der Waals surface area contributed by atoms with Crippen molar-refractivity contribution in [1.29, 1.82) is 0 Å². The first-order chi connectivity index (χ1) is 17.4. The molecule has 0 unspecified atom stereocenters. The number of nitrogens with zero attached hydrogens (tertiary/aromatic N) is 3. The third kappa shape index (κ3) is 5.33. The van der Waals surface area contributed by atoms with E-state index < -0.39 is 0 Å². The molecule has 0 bridgehead atoms. The lowest BCUT2D eigenvalue weighted by Gasteiger charge is -2.41. The van der Waals surface area contributed by atoms with Crippen LogP contribution in [0.4, 0.5) is 5.69 Å². The van der Waals surface area contributed by atoms with Crippen LogP contribution in [-0.2, 0) is 14.9 Å². The number of hydrogen-bond acceptors (Lipinski definition) is 4. The summed E-state index contributed by atoms with van der Waals surface area (Å²) in [6, 6.07) is 6.69. The molecular weight excluding hydrogens is 448 g/mol. The van der Waals surface area contributed by atoms with Crippen molar-refractivity contribution in [1.82, 2.24) is 4.90 Å². The van der Waals surface area contributed by atoms with Crippen LogP contribution in [0.25, 0.3) is 10.4 Å². The number of benzene rings is 1. The third-order valence-corrected chi connectivity index (χ3v) is 8.48. The zero-order valence-electron chi connectivity index (χ0n) is 21.7. The highest BCUT2D eigenvalue weighted by Gasteiger charge is 2.37. The fourth-order valence-corrected chi connectivity index (χ4v) is 6.07. The number of hydrogen-bond donors (Lipinski definition) is 1. The maximum absolute atomic E-state index is 13.1. The number of allylic oxidation sites excluding steroid dienone is 3. The van der Waals surface area contributed by atoms with Crippen molar-refractivity contribution in [2.75, 3.05) is 38.2 Å². The van der Waals surface area contributed by atoms with Gasteiger partial charge in [0.2, 0.25) is 0 Å². The van der Waals surface area contributed by atoms with Crippen LogP contribution < -0.4 is 5.32 Å². The van der Waals surface area contributed by atoms with Gasteiger partial charge in [-0.15, -0.1) is 4.99 Å². The van der Waals surface area contributed by atoms with Gasteiger partial charge in [-0.1, -0.05) is 38.6 Å². The summed E-state index contributed by atoms with van der Waals surface area (Å²) < 4.78 is 5.81. The number of aliphatic imine (C=N–C) groups is 1. The van der Waals surface area contributed by atoms with E-state index in [9.17, 15) is 4.79 Å². The van der Waals surface area contributed by atoms with Crippen molar-refractivity contribution in [3.63, 3.8) is 0 Å². The largest absolute Gasteiger partial charge is 0.381 e. The molecule has 190 valence electrons. The van der Waals surface area contributed by atoms with E-state index in [0.29, 0.717) is 23.4 Å². The molecule has 6 heteroatoms. The van der Waals surface area contributed by atoms with Crippen molar-refractivity contribution in [3.8, 4) is 0 Å². The summed E-state index contributed by atoms with van der Waals surface area (Å²) in [4.78, 5) is 23.3. The van der Waals surface area contributed by atoms with Gasteiger partial charge in [0.15, 0.2) is 5.71 Å². The van der Waals surface area contributed by atoms with Gasteiger partial charge in [-0.3, -0.25) is 4.79 Å². The second-order valence-electron chi connectivity index (χ2n) is 11.6. The van der Waals surface area contributed by atoms with Gasteiger partial charge < -0.3 is 19.8 Å². The quantitative estimate of drug-likeness (QED) is 0.504. The van der Waals surface area contributed by atoms with E-state index in [1.807, 2.05) is 0 Å². The first-order valence-electron chi connectivity index (χ1n) is 13.5. The average molecular weight is 487 g/mol. The highest BCUT2D eigenvalue weighted by Crippen LogP contribution is 2.43. The van der Waals surface area contributed by atoms with Gasteiger partial charge in [0.25, 0.3) is 11.7 Å². The van der Waals surface area contributed by atoms with Crippen LogP contribution in [0.5, 0.6) is 0 Å². The van der Waals surface area contributed by atoms with Crippen molar-refractivity contribution in [2.24, 2.45) is 10.4 Å². The maximum Gasteiger partial charge on any atom is 0.293 e. The van der Waals surface area contributed by atoms with E-state index in [2.05, 4.69) is 58.2 Å². The molecule has 1 aliphatic carbocycles. The summed E-state index contributed by atoms with van der Waals surface area (Å²) in [5.41, 5.74) is 5.47. The monoisotopic (exact) mass is 486 g/mol. The van der Waals surface area contributed by atoms with E-state index in [4.69, 9.17) is 11.3 Å². The summed E-state index contributed by atoms with van der Waals surface area (Å²) >= 11 is 0. The van der Waals surface area contributed by atoms with Crippen LogP contribution in [-0.4, -0.2) is 49.4 Å². The number of amides is 1. The Labute approximate surface area is 215 Å². The Balaban J connectivity index is 1.49. The maximum atomic E-state index is 13.1. The molecule has 1 aromatic rings. The summed E-state index contributed by atoms with van der Waals surface area (Å²) in [6.45, 7) is 16.9. The Hall–Kier alpha value is -2.75. The fraction of sp³-hybridized carbons (Fsp3) is 0.567. The van der Waals surface area contributed by atoms with E-state index in [1.165, 1.54) is 37.1 Å². The van der Waals surface area contributed by atoms with Gasteiger partial charge in [0, 0.05) is 42.8 Å². The molecule has 36 heavy (non-hydrogen) atoms. The fourth-order valence-electron chi connectivity index (χ4n) is 6.07. The third-order valence-electron chi connectivity index (χ3n) is 8.48. The molecule has 2 saturated heterocycles. The number of anilines is 1. The lowest BCUT2D eigenvalue weighted by Crippen LogP contribution is -2.44. The predicted molar refractivity (Wildman–Crippen MR) is 145 cm³/mol. The summed E-state index contributed by atoms with van der Waals surface area (Å²) in [5, 5.41) is 3.15. The molecule has 0 radical (unpaired) electrons. The Bertz CT molecular complexity index is 1140. The van der Waals surface area contributed by atoms with Gasteiger partial charge in [-0.25, -0.2) is 0 Å².